The first-order chi connectivity index (χ1) is 13.1. The zero-order valence-electron chi connectivity index (χ0n) is 14.3. The van der Waals surface area contributed by atoms with Crippen molar-refractivity contribution in [2.75, 3.05) is 23.3 Å². The molecule has 0 atom stereocenters. The van der Waals surface area contributed by atoms with Crippen LogP contribution in [0.2, 0.25) is 0 Å². The topological polar surface area (TPSA) is 58.1 Å². The number of anilines is 2. The number of amides is 1. The van der Waals surface area contributed by atoms with E-state index in [0.29, 0.717) is 17.6 Å². The van der Waals surface area contributed by atoms with E-state index in [2.05, 4.69) is 31.2 Å². The number of aromatic nitrogens is 2. The summed E-state index contributed by atoms with van der Waals surface area (Å²) in [5.41, 5.74) is 2.04. The van der Waals surface area contributed by atoms with Gasteiger partial charge in [-0.25, -0.2) is 14.4 Å². The van der Waals surface area contributed by atoms with Gasteiger partial charge >= 0.3 is 0 Å². The fourth-order valence-electron chi connectivity index (χ4n) is 2.94. The summed E-state index contributed by atoms with van der Waals surface area (Å²) in [7, 11) is 0. The molecule has 1 aromatic heterocycles. The maximum absolute atomic E-state index is 13.9. The Morgan fingerprint density at radius 1 is 1.11 bits per heavy atom. The van der Waals surface area contributed by atoms with Crippen molar-refractivity contribution in [3.8, 4) is 11.3 Å². The average molecular weight is 427 g/mol. The van der Waals surface area contributed by atoms with E-state index in [9.17, 15) is 9.18 Å². The first kappa shape index (κ1) is 17.6. The van der Waals surface area contributed by atoms with Crippen molar-refractivity contribution in [2.45, 2.75) is 0 Å². The minimum absolute atomic E-state index is 0.190. The van der Waals surface area contributed by atoms with Gasteiger partial charge in [-0.2, -0.15) is 0 Å². The molecule has 1 saturated heterocycles. The van der Waals surface area contributed by atoms with Gasteiger partial charge in [0.1, 0.15) is 18.0 Å². The Bertz CT molecular complexity index is 977. The van der Waals surface area contributed by atoms with Gasteiger partial charge in [-0.3, -0.25) is 4.79 Å². The van der Waals surface area contributed by atoms with E-state index in [1.807, 2.05) is 41.3 Å². The van der Waals surface area contributed by atoms with E-state index in [4.69, 9.17) is 0 Å². The van der Waals surface area contributed by atoms with Crippen LogP contribution in [0.3, 0.4) is 0 Å². The van der Waals surface area contributed by atoms with Crippen molar-refractivity contribution in [3.05, 3.63) is 71.2 Å². The molecule has 1 amide bonds. The van der Waals surface area contributed by atoms with Crippen LogP contribution in [-0.2, 0) is 4.79 Å². The van der Waals surface area contributed by atoms with E-state index < -0.39 is 5.82 Å². The van der Waals surface area contributed by atoms with Crippen molar-refractivity contribution in [1.29, 1.82) is 0 Å². The lowest BCUT2D eigenvalue weighted by molar-refractivity contribution is -0.120. The highest BCUT2D eigenvalue weighted by Crippen LogP contribution is 2.27. The van der Waals surface area contributed by atoms with Gasteiger partial charge in [-0.1, -0.05) is 46.3 Å². The van der Waals surface area contributed by atoms with Crippen molar-refractivity contribution < 1.29 is 9.18 Å². The van der Waals surface area contributed by atoms with Crippen molar-refractivity contribution in [2.24, 2.45) is 5.92 Å². The van der Waals surface area contributed by atoms with Crippen LogP contribution in [0.4, 0.5) is 15.9 Å². The highest BCUT2D eigenvalue weighted by molar-refractivity contribution is 9.10. The van der Waals surface area contributed by atoms with Crippen molar-refractivity contribution in [3.63, 3.8) is 0 Å². The summed E-state index contributed by atoms with van der Waals surface area (Å²) in [5.74, 6) is -0.0760. The molecule has 0 spiro atoms. The van der Waals surface area contributed by atoms with E-state index in [1.165, 1.54) is 12.4 Å². The second-order valence-electron chi connectivity index (χ2n) is 6.34. The Morgan fingerprint density at radius 3 is 2.63 bits per heavy atom. The molecular formula is C20H16BrFN4O. The maximum Gasteiger partial charge on any atom is 0.231 e. The van der Waals surface area contributed by atoms with Crippen LogP contribution in [0.15, 0.2) is 65.4 Å². The number of hydrogen-bond donors (Lipinski definition) is 1. The number of nitrogens with zero attached hydrogens (tertiary/aromatic N) is 3. The number of halogens is 2. The molecule has 2 heterocycles. The first-order valence-electron chi connectivity index (χ1n) is 8.48. The smallest absolute Gasteiger partial charge is 0.231 e. The highest BCUT2D eigenvalue weighted by Gasteiger charge is 2.34. The molecule has 1 aliphatic heterocycles. The van der Waals surface area contributed by atoms with Gasteiger partial charge in [-0.15, -0.1) is 0 Å². The van der Waals surface area contributed by atoms with Gasteiger partial charge in [-0.05, 0) is 18.2 Å². The summed E-state index contributed by atoms with van der Waals surface area (Å²) in [6, 6.07) is 16.3. The van der Waals surface area contributed by atoms with Gasteiger partial charge in [0.25, 0.3) is 0 Å². The number of carbonyl (C=O) groups is 1. The average Bonchev–Trinajstić information content (AvgIpc) is 2.64. The molecule has 5 nitrogen and oxygen atoms in total. The molecule has 3 aromatic rings. The van der Waals surface area contributed by atoms with E-state index in [1.54, 1.807) is 12.1 Å². The number of benzene rings is 2. The monoisotopic (exact) mass is 426 g/mol. The largest absolute Gasteiger partial charge is 0.355 e. The molecular weight excluding hydrogens is 411 g/mol. The number of carbonyl (C=O) groups excluding carboxylic acids is 1. The standard InChI is InChI=1S/C20H16BrFN4O/c21-15-6-7-17(16(22)8-15)25-20(27)14-10-26(11-14)19-9-18(23-12-24-19)13-4-2-1-3-5-13/h1-9,12,14H,10-11H2,(H,25,27). The molecule has 0 radical (unpaired) electrons. The lowest BCUT2D eigenvalue weighted by atomic mass is 9.99. The van der Waals surface area contributed by atoms with Gasteiger partial charge < -0.3 is 10.2 Å². The molecule has 1 aliphatic rings. The fraction of sp³-hybridized carbons (Fsp3) is 0.150. The lowest BCUT2D eigenvalue weighted by Crippen LogP contribution is -2.52. The zero-order valence-corrected chi connectivity index (χ0v) is 15.9. The summed E-state index contributed by atoms with van der Waals surface area (Å²) in [5, 5.41) is 2.65. The van der Waals surface area contributed by atoms with Crippen LogP contribution >= 0.6 is 15.9 Å². The Hall–Kier alpha value is -2.80. The van der Waals surface area contributed by atoms with Gasteiger partial charge in [0.15, 0.2) is 0 Å². The summed E-state index contributed by atoms with van der Waals surface area (Å²) in [6.07, 6.45) is 1.53. The molecule has 0 aliphatic carbocycles. The van der Waals surface area contributed by atoms with Crippen LogP contribution in [0, 0.1) is 11.7 Å². The second kappa shape index (κ2) is 7.44. The number of hydrogen-bond acceptors (Lipinski definition) is 4. The van der Waals surface area contributed by atoms with Gasteiger partial charge in [0, 0.05) is 29.2 Å². The van der Waals surface area contributed by atoms with Gasteiger partial charge in [0.05, 0.1) is 17.3 Å². The molecule has 1 N–H and O–H groups in total. The Kier molecular flexibility index (Phi) is 4.85. The highest BCUT2D eigenvalue weighted by atomic mass is 79.9. The third-order valence-electron chi connectivity index (χ3n) is 4.49. The van der Waals surface area contributed by atoms with Crippen molar-refractivity contribution >= 4 is 33.3 Å². The van der Waals surface area contributed by atoms with Crippen LogP contribution in [-0.4, -0.2) is 29.0 Å². The molecule has 1 fully saturated rings. The zero-order chi connectivity index (χ0) is 18.8. The summed E-state index contributed by atoms with van der Waals surface area (Å²) < 4.78 is 14.5. The van der Waals surface area contributed by atoms with Crippen molar-refractivity contribution in [1.82, 2.24) is 9.97 Å². The van der Waals surface area contributed by atoms with Crippen LogP contribution < -0.4 is 10.2 Å². The third kappa shape index (κ3) is 3.83. The Morgan fingerprint density at radius 2 is 1.89 bits per heavy atom. The maximum atomic E-state index is 13.9. The minimum Gasteiger partial charge on any atom is -0.355 e. The molecule has 0 bridgehead atoms. The Balaban J connectivity index is 1.40. The normalized spacial score (nSPS) is 13.9. The van der Waals surface area contributed by atoms with Crippen LogP contribution in [0.5, 0.6) is 0 Å². The molecule has 0 unspecified atom stereocenters. The quantitative estimate of drug-likeness (QED) is 0.681. The number of nitrogens with one attached hydrogen (secondary N) is 1. The number of rotatable bonds is 4. The minimum atomic E-state index is -0.461. The van der Waals surface area contributed by atoms with Crippen LogP contribution in [0.1, 0.15) is 0 Å². The molecule has 4 rings (SSSR count). The molecule has 0 saturated carbocycles. The molecule has 2 aromatic carbocycles. The predicted molar refractivity (Wildman–Crippen MR) is 106 cm³/mol. The first-order valence-corrected chi connectivity index (χ1v) is 9.28. The SMILES string of the molecule is O=C(Nc1ccc(Br)cc1F)C1CN(c2cc(-c3ccccc3)ncn2)C1. The van der Waals surface area contributed by atoms with E-state index >= 15 is 0 Å². The van der Waals surface area contributed by atoms with Crippen LogP contribution in [0.25, 0.3) is 11.3 Å². The molecule has 27 heavy (non-hydrogen) atoms. The third-order valence-corrected chi connectivity index (χ3v) is 4.98. The molecule has 7 heteroatoms. The fourth-order valence-corrected chi connectivity index (χ4v) is 3.28. The van der Waals surface area contributed by atoms with E-state index in [0.717, 1.165) is 17.1 Å². The van der Waals surface area contributed by atoms with E-state index in [-0.39, 0.29) is 17.5 Å². The second-order valence-corrected chi connectivity index (χ2v) is 7.26. The predicted octanol–water partition coefficient (Wildman–Crippen LogP) is 4.12. The van der Waals surface area contributed by atoms with Gasteiger partial charge in [0.2, 0.25) is 5.91 Å². The summed E-state index contributed by atoms with van der Waals surface area (Å²) in [4.78, 5) is 23.0. The molecule has 136 valence electrons. The summed E-state index contributed by atoms with van der Waals surface area (Å²) in [6.45, 7) is 1.07. The Labute approximate surface area is 164 Å². The summed E-state index contributed by atoms with van der Waals surface area (Å²) >= 11 is 3.20. The lowest BCUT2D eigenvalue weighted by Gasteiger charge is -2.39.